The van der Waals surface area contributed by atoms with E-state index in [1.807, 2.05) is 0 Å². The number of rotatable bonds is 7. The quantitative estimate of drug-likeness (QED) is 0.656. The Kier molecular flexibility index (Phi) is 5.47. The minimum Gasteiger partial charge on any atom is -0.347 e. The molecule has 1 aliphatic rings. The highest BCUT2D eigenvalue weighted by atomic mass is 16.7. The van der Waals surface area contributed by atoms with E-state index in [0.717, 1.165) is 6.42 Å². The number of hydrogen-bond donors (Lipinski definition) is 0. The molecule has 0 aromatic rings. The predicted molar refractivity (Wildman–Crippen MR) is 68.2 cm³/mol. The van der Waals surface area contributed by atoms with E-state index in [9.17, 15) is 9.59 Å². The molecule has 0 amide bonds. The summed E-state index contributed by atoms with van der Waals surface area (Å²) in [7, 11) is 0. The van der Waals surface area contributed by atoms with Crippen LogP contribution in [0.2, 0.25) is 0 Å². The molecule has 0 bridgehead atoms. The Morgan fingerprint density at radius 3 is 2.22 bits per heavy atom. The standard InChI is InChI=1S/C14H24O4/c1-10(2)5-6-12(15)9-13(16)11(3)14(4)17-7-8-18-14/h10-11H,5-9H2,1-4H3. The van der Waals surface area contributed by atoms with Crippen molar-refractivity contribution in [2.45, 2.75) is 52.7 Å². The number of carbonyl (C=O) groups excluding carboxylic acids is 2. The van der Waals surface area contributed by atoms with Gasteiger partial charge in [0, 0.05) is 6.42 Å². The Balaban J connectivity index is 2.42. The monoisotopic (exact) mass is 256 g/mol. The van der Waals surface area contributed by atoms with E-state index in [0.29, 0.717) is 25.6 Å². The maximum atomic E-state index is 12.0. The van der Waals surface area contributed by atoms with Crippen LogP contribution in [0.4, 0.5) is 0 Å². The van der Waals surface area contributed by atoms with Gasteiger partial charge < -0.3 is 9.47 Å². The van der Waals surface area contributed by atoms with Gasteiger partial charge in [0.25, 0.3) is 0 Å². The summed E-state index contributed by atoms with van der Waals surface area (Å²) in [5, 5.41) is 0. The second kappa shape index (κ2) is 6.43. The Bertz CT molecular complexity index is 303. The minimum atomic E-state index is -0.852. The molecule has 104 valence electrons. The molecule has 4 nitrogen and oxygen atoms in total. The molecule has 1 fully saturated rings. The number of ketones is 2. The molecular weight excluding hydrogens is 232 g/mol. The summed E-state index contributed by atoms with van der Waals surface area (Å²) in [6.45, 7) is 8.69. The number of hydrogen-bond acceptors (Lipinski definition) is 4. The molecule has 1 rings (SSSR count). The molecule has 0 aromatic heterocycles. The van der Waals surface area contributed by atoms with Crippen molar-refractivity contribution in [1.29, 1.82) is 0 Å². The van der Waals surface area contributed by atoms with Gasteiger partial charge in [0.05, 0.1) is 25.6 Å². The first kappa shape index (κ1) is 15.3. The van der Waals surface area contributed by atoms with Crippen LogP contribution in [-0.4, -0.2) is 30.6 Å². The van der Waals surface area contributed by atoms with Gasteiger partial charge in [-0.3, -0.25) is 9.59 Å². The van der Waals surface area contributed by atoms with Gasteiger partial charge in [-0.05, 0) is 19.3 Å². The Hall–Kier alpha value is -0.740. The average molecular weight is 256 g/mol. The smallest absolute Gasteiger partial charge is 0.175 e. The molecule has 0 aliphatic carbocycles. The lowest BCUT2D eigenvalue weighted by Crippen LogP contribution is -2.39. The molecule has 1 saturated heterocycles. The minimum absolute atomic E-state index is 0.00377. The highest BCUT2D eigenvalue weighted by Gasteiger charge is 2.41. The Morgan fingerprint density at radius 1 is 1.17 bits per heavy atom. The predicted octanol–water partition coefficient (Wildman–Crippen LogP) is 2.35. The summed E-state index contributed by atoms with van der Waals surface area (Å²) in [5.74, 6) is -0.839. The third-order valence-corrected chi connectivity index (χ3v) is 3.50. The van der Waals surface area contributed by atoms with Gasteiger partial charge in [0.1, 0.15) is 11.6 Å². The fourth-order valence-corrected chi connectivity index (χ4v) is 1.96. The SMILES string of the molecule is CC(C)CCC(=O)CC(=O)C(C)C1(C)OCCO1. The van der Waals surface area contributed by atoms with Crippen molar-refractivity contribution in [3.8, 4) is 0 Å². The number of ether oxygens (including phenoxy) is 2. The zero-order valence-electron chi connectivity index (χ0n) is 11.8. The number of carbonyl (C=O) groups is 2. The highest BCUT2D eigenvalue weighted by Crippen LogP contribution is 2.29. The highest BCUT2D eigenvalue weighted by molar-refractivity contribution is 6.00. The lowest BCUT2D eigenvalue weighted by Gasteiger charge is -2.28. The molecule has 0 saturated carbocycles. The second-order valence-corrected chi connectivity index (χ2v) is 5.55. The van der Waals surface area contributed by atoms with Crippen LogP contribution in [0.3, 0.4) is 0 Å². The van der Waals surface area contributed by atoms with Gasteiger partial charge in [-0.25, -0.2) is 0 Å². The van der Waals surface area contributed by atoms with Crippen LogP contribution in [-0.2, 0) is 19.1 Å². The van der Waals surface area contributed by atoms with Gasteiger partial charge in [-0.1, -0.05) is 20.8 Å². The molecule has 0 spiro atoms. The maximum absolute atomic E-state index is 12.0. The van der Waals surface area contributed by atoms with Crippen LogP contribution < -0.4 is 0 Å². The Morgan fingerprint density at radius 2 is 1.72 bits per heavy atom. The lowest BCUT2D eigenvalue weighted by atomic mass is 9.92. The zero-order chi connectivity index (χ0) is 13.8. The first-order valence-electron chi connectivity index (χ1n) is 6.67. The van der Waals surface area contributed by atoms with Crippen molar-refractivity contribution in [3.05, 3.63) is 0 Å². The van der Waals surface area contributed by atoms with E-state index < -0.39 is 11.7 Å². The fraction of sp³-hybridized carbons (Fsp3) is 0.857. The molecule has 4 heteroatoms. The molecule has 0 aromatic carbocycles. The van der Waals surface area contributed by atoms with Gasteiger partial charge in [0.15, 0.2) is 5.79 Å². The van der Waals surface area contributed by atoms with Crippen LogP contribution >= 0.6 is 0 Å². The van der Waals surface area contributed by atoms with Crippen LogP contribution in [0.1, 0.15) is 47.0 Å². The summed E-state index contributed by atoms with van der Waals surface area (Å²) < 4.78 is 10.9. The normalized spacial score (nSPS) is 20.1. The largest absolute Gasteiger partial charge is 0.347 e. The fourth-order valence-electron chi connectivity index (χ4n) is 1.96. The summed E-state index contributed by atoms with van der Waals surface area (Å²) in [4.78, 5) is 23.7. The molecule has 1 heterocycles. The topological polar surface area (TPSA) is 52.6 Å². The summed E-state index contributed by atoms with van der Waals surface area (Å²) in [6.07, 6.45) is 1.31. The second-order valence-electron chi connectivity index (χ2n) is 5.55. The van der Waals surface area contributed by atoms with E-state index in [1.165, 1.54) is 0 Å². The van der Waals surface area contributed by atoms with E-state index in [-0.39, 0.29) is 18.0 Å². The molecule has 0 radical (unpaired) electrons. The summed E-state index contributed by atoms with van der Waals surface area (Å²) >= 11 is 0. The van der Waals surface area contributed by atoms with E-state index >= 15 is 0 Å². The van der Waals surface area contributed by atoms with Crippen molar-refractivity contribution < 1.29 is 19.1 Å². The Labute approximate surface area is 109 Å². The van der Waals surface area contributed by atoms with Gasteiger partial charge in [-0.2, -0.15) is 0 Å². The summed E-state index contributed by atoms with van der Waals surface area (Å²) in [6, 6.07) is 0. The van der Waals surface area contributed by atoms with Crippen molar-refractivity contribution in [2.75, 3.05) is 13.2 Å². The first-order valence-corrected chi connectivity index (χ1v) is 6.67. The van der Waals surface area contributed by atoms with Crippen molar-refractivity contribution in [3.63, 3.8) is 0 Å². The summed E-state index contributed by atoms with van der Waals surface area (Å²) in [5.41, 5.74) is 0. The van der Waals surface area contributed by atoms with Crippen molar-refractivity contribution in [2.24, 2.45) is 11.8 Å². The van der Waals surface area contributed by atoms with E-state index in [1.54, 1.807) is 13.8 Å². The van der Waals surface area contributed by atoms with Gasteiger partial charge in [-0.15, -0.1) is 0 Å². The molecule has 1 unspecified atom stereocenters. The van der Waals surface area contributed by atoms with E-state index in [4.69, 9.17) is 9.47 Å². The lowest BCUT2D eigenvalue weighted by molar-refractivity contribution is -0.182. The van der Waals surface area contributed by atoms with E-state index in [2.05, 4.69) is 13.8 Å². The van der Waals surface area contributed by atoms with Crippen molar-refractivity contribution in [1.82, 2.24) is 0 Å². The van der Waals surface area contributed by atoms with Crippen LogP contribution in [0.15, 0.2) is 0 Å². The molecule has 18 heavy (non-hydrogen) atoms. The van der Waals surface area contributed by atoms with Crippen LogP contribution in [0.25, 0.3) is 0 Å². The maximum Gasteiger partial charge on any atom is 0.175 e. The van der Waals surface area contributed by atoms with Crippen LogP contribution in [0.5, 0.6) is 0 Å². The number of Topliss-reactive ketones (excluding diaryl/α,β-unsaturated/α-hetero) is 2. The molecule has 1 atom stereocenters. The molecule has 0 N–H and O–H groups in total. The zero-order valence-corrected chi connectivity index (χ0v) is 11.8. The molecule has 1 aliphatic heterocycles. The third-order valence-electron chi connectivity index (χ3n) is 3.50. The van der Waals surface area contributed by atoms with Crippen LogP contribution in [0, 0.1) is 11.8 Å². The third kappa shape index (κ3) is 4.18. The van der Waals surface area contributed by atoms with Gasteiger partial charge >= 0.3 is 0 Å². The average Bonchev–Trinajstić information content (AvgIpc) is 2.73. The van der Waals surface area contributed by atoms with Gasteiger partial charge in [0.2, 0.25) is 0 Å². The molecular formula is C14H24O4. The van der Waals surface area contributed by atoms with Crippen molar-refractivity contribution >= 4 is 11.6 Å². The first-order chi connectivity index (χ1) is 8.35.